The Balaban J connectivity index is 1.60. The molecule has 1 aliphatic rings. The van der Waals surface area contributed by atoms with E-state index in [1.54, 1.807) is 33.8 Å². The topological polar surface area (TPSA) is 117 Å². The summed E-state index contributed by atoms with van der Waals surface area (Å²) in [5, 5.41) is 16.3. The zero-order valence-corrected chi connectivity index (χ0v) is 16.4. The lowest BCUT2D eigenvalue weighted by Gasteiger charge is -2.28. The Morgan fingerprint density at radius 3 is 2.60 bits per heavy atom. The number of hydrogen-bond donors (Lipinski definition) is 2. The van der Waals surface area contributed by atoms with Crippen molar-refractivity contribution >= 4 is 17.6 Å². The number of aryl methyl sites for hydroxylation is 1. The van der Waals surface area contributed by atoms with Crippen molar-refractivity contribution in [2.75, 3.05) is 11.9 Å². The van der Waals surface area contributed by atoms with E-state index in [9.17, 15) is 9.59 Å². The lowest BCUT2D eigenvalue weighted by Crippen LogP contribution is -2.41. The second kappa shape index (κ2) is 7.72. The molecule has 150 valence electrons. The van der Waals surface area contributed by atoms with Crippen LogP contribution in [0.25, 0.3) is 11.3 Å². The first-order valence-electron chi connectivity index (χ1n) is 9.49. The molecule has 2 aromatic carbocycles. The molecule has 30 heavy (non-hydrogen) atoms. The van der Waals surface area contributed by atoms with Crippen molar-refractivity contribution in [3.63, 3.8) is 0 Å². The number of nitrogens with zero attached hydrogens (tertiary/aromatic N) is 4. The molecule has 0 fully saturated rings. The Morgan fingerprint density at radius 2 is 1.93 bits per heavy atom. The number of urea groups is 1. The number of fused-ring (bicyclic) bond motifs is 1. The molecule has 0 saturated carbocycles. The number of carbonyl (C=O) groups excluding carboxylic acids is 2. The van der Waals surface area contributed by atoms with Crippen LogP contribution in [0.1, 0.15) is 27.2 Å². The normalized spacial score (nSPS) is 12.7. The van der Waals surface area contributed by atoms with Gasteiger partial charge in [-0.25, -0.2) is 4.79 Å². The van der Waals surface area contributed by atoms with Crippen LogP contribution in [0.15, 0.2) is 48.5 Å². The third-order valence-corrected chi connectivity index (χ3v) is 5.07. The van der Waals surface area contributed by atoms with Gasteiger partial charge in [0.2, 0.25) is 0 Å². The van der Waals surface area contributed by atoms with Crippen LogP contribution in [-0.4, -0.2) is 33.2 Å². The van der Waals surface area contributed by atoms with E-state index >= 15 is 0 Å². The molecular weight excluding hydrogens is 380 g/mol. The van der Waals surface area contributed by atoms with Crippen molar-refractivity contribution in [3.05, 3.63) is 70.9 Å². The van der Waals surface area contributed by atoms with E-state index in [1.807, 2.05) is 37.3 Å². The van der Waals surface area contributed by atoms with E-state index in [0.29, 0.717) is 41.3 Å². The fourth-order valence-electron chi connectivity index (χ4n) is 3.58. The smallest absolute Gasteiger partial charge is 0.322 e. The Morgan fingerprint density at radius 1 is 1.17 bits per heavy atom. The maximum Gasteiger partial charge on any atom is 0.322 e. The molecular formula is C22H20N6O2. The van der Waals surface area contributed by atoms with Crippen LogP contribution in [0.4, 0.5) is 10.5 Å². The van der Waals surface area contributed by atoms with Gasteiger partial charge in [0.05, 0.1) is 36.0 Å². The largest absolute Gasteiger partial charge is 0.365 e. The highest BCUT2D eigenvalue weighted by Gasteiger charge is 2.29. The number of nitrogens with one attached hydrogen (secondary N) is 1. The summed E-state index contributed by atoms with van der Waals surface area (Å²) in [6, 6.07) is 16.1. The van der Waals surface area contributed by atoms with Gasteiger partial charge >= 0.3 is 6.03 Å². The van der Waals surface area contributed by atoms with Gasteiger partial charge in [0.1, 0.15) is 5.69 Å². The first-order chi connectivity index (χ1) is 14.5. The van der Waals surface area contributed by atoms with E-state index < -0.39 is 5.91 Å². The maximum atomic E-state index is 12.7. The van der Waals surface area contributed by atoms with Crippen molar-refractivity contribution in [2.24, 2.45) is 5.73 Å². The highest BCUT2D eigenvalue weighted by atomic mass is 16.2. The van der Waals surface area contributed by atoms with Crippen molar-refractivity contribution < 1.29 is 9.59 Å². The van der Waals surface area contributed by atoms with Gasteiger partial charge in [-0.2, -0.15) is 10.4 Å². The molecule has 1 aliphatic heterocycles. The second-order valence-corrected chi connectivity index (χ2v) is 7.17. The van der Waals surface area contributed by atoms with Gasteiger partial charge in [-0.1, -0.05) is 23.8 Å². The van der Waals surface area contributed by atoms with Crippen molar-refractivity contribution in [1.82, 2.24) is 14.7 Å². The summed E-state index contributed by atoms with van der Waals surface area (Å²) in [6.07, 6.45) is 0. The molecule has 2 heterocycles. The molecule has 0 bridgehead atoms. The van der Waals surface area contributed by atoms with E-state index in [-0.39, 0.29) is 12.6 Å². The minimum atomic E-state index is -0.567. The van der Waals surface area contributed by atoms with Crippen LogP contribution in [0.3, 0.4) is 0 Å². The first kappa shape index (κ1) is 19.2. The Kier molecular flexibility index (Phi) is 4.94. The van der Waals surface area contributed by atoms with Gasteiger partial charge in [-0.05, 0) is 37.3 Å². The minimum Gasteiger partial charge on any atom is -0.365 e. The maximum absolute atomic E-state index is 12.7. The number of amides is 3. The highest BCUT2D eigenvalue weighted by molar-refractivity contribution is 6.00. The average molecular weight is 400 g/mol. The summed E-state index contributed by atoms with van der Waals surface area (Å²) < 4.78 is 1.75. The van der Waals surface area contributed by atoms with Crippen LogP contribution in [-0.2, 0) is 13.1 Å². The number of hydrogen-bond acceptors (Lipinski definition) is 4. The predicted octanol–water partition coefficient (Wildman–Crippen LogP) is 2.88. The van der Waals surface area contributed by atoms with Gasteiger partial charge in [0.25, 0.3) is 5.91 Å². The number of rotatable bonds is 3. The number of carbonyl (C=O) groups is 2. The summed E-state index contributed by atoms with van der Waals surface area (Å²) >= 11 is 0. The molecule has 8 heteroatoms. The molecule has 0 unspecified atom stereocenters. The first-order valence-corrected chi connectivity index (χ1v) is 9.49. The second-order valence-electron chi connectivity index (χ2n) is 7.17. The monoisotopic (exact) mass is 400 g/mol. The van der Waals surface area contributed by atoms with Gasteiger partial charge < -0.3 is 16.0 Å². The summed E-state index contributed by atoms with van der Waals surface area (Å²) in [5.74, 6) is -0.567. The number of benzene rings is 2. The number of nitriles is 1. The highest BCUT2D eigenvalue weighted by Crippen LogP contribution is 2.29. The van der Waals surface area contributed by atoms with E-state index in [1.165, 1.54) is 0 Å². The van der Waals surface area contributed by atoms with Gasteiger partial charge in [-0.3, -0.25) is 9.48 Å². The molecule has 0 spiro atoms. The molecule has 3 amide bonds. The molecule has 3 N–H and O–H groups in total. The third kappa shape index (κ3) is 3.61. The molecule has 8 nitrogen and oxygen atoms in total. The summed E-state index contributed by atoms with van der Waals surface area (Å²) in [4.78, 5) is 26.6. The lowest BCUT2D eigenvalue weighted by molar-refractivity contribution is 0.0997. The predicted molar refractivity (Wildman–Crippen MR) is 112 cm³/mol. The number of nitrogens with two attached hydrogens (primary N) is 1. The number of anilines is 1. The molecule has 1 aromatic heterocycles. The van der Waals surface area contributed by atoms with Gasteiger partial charge in [-0.15, -0.1) is 0 Å². The van der Waals surface area contributed by atoms with E-state index in [2.05, 4.69) is 10.4 Å². The lowest BCUT2D eigenvalue weighted by atomic mass is 10.0. The third-order valence-electron chi connectivity index (χ3n) is 5.07. The van der Waals surface area contributed by atoms with Crippen LogP contribution < -0.4 is 11.1 Å². The number of primary amides is 1. The Labute approximate surface area is 173 Å². The molecule has 4 rings (SSSR count). The molecule has 3 aromatic rings. The van der Waals surface area contributed by atoms with E-state index in [4.69, 9.17) is 11.0 Å². The van der Waals surface area contributed by atoms with Crippen LogP contribution in [0, 0.1) is 18.3 Å². The fraction of sp³-hybridized carbons (Fsp3) is 0.182. The van der Waals surface area contributed by atoms with Crippen molar-refractivity contribution in [3.8, 4) is 17.3 Å². The SMILES string of the molecule is Cc1cccc(-c2nn3c(c2C(N)=O)CN(C(=O)Nc2ccc(C#N)cc2)CC3)c1. The van der Waals surface area contributed by atoms with Crippen LogP contribution in [0.2, 0.25) is 0 Å². The zero-order chi connectivity index (χ0) is 21.3. The van der Waals surface area contributed by atoms with E-state index in [0.717, 1.165) is 11.1 Å². The number of aromatic nitrogens is 2. The Bertz CT molecular complexity index is 1170. The van der Waals surface area contributed by atoms with Crippen molar-refractivity contribution in [2.45, 2.75) is 20.0 Å². The zero-order valence-electron chi connectivity index (χ0n) is 16.4. The standard InChI is InChI=1S/C22H20N6O2/c1-14-3-2-4-16(11-14)20-19(21(24)29)18-13-27(9-10-28(18)26-20)22(30)25-17-7-5-15(12-23)6-8-17/h2-8,11H,9-10,13H2,1H3,(H2,24,29)(H,25,30). The summed E-state index contributed by atoms with van der Waals surface area (Å²) in [7, 11) is 0. The quantitative estimate of drug-likeness (QED) is 0.703. The fourth-order valence-corrected chi connectivity index (χ4v) is 3.58. The van der Waals surface area contributed by atoms with Crippen LogP contribution >= 0.6 is 0 Å². The summed E-state index contributed by atoms with van der Waals surface area (Å²) in [6.45, 7) is 3.10. The molecule has 0 atom stereocenters. The molecule has 0 aliphatic carbocycles. The van der Waals surface area contributed by atoms with Crippen LogP contribution in [0.5, 0.6) is 0 Å². The Hall–Kier alpha value is -4.12. The van der Waals surface area contributed by atoms with Crippen molar-refractivity contribution in [1.29, 1.82) is 5.26 Å². The molecule has 0 saturated heterocycles. The van der Waals surface area contributed by atoms with Gasteiger partial charge in [0.15, 0.2) is 0 Å². The summed E-state index contributed by atoms with van der Waals surface area (Å²) in [5.41, 5.74) is 10.2. The minimum absolute atomic E-state index is 0.221. The van der Waals surface area contributed by atoms with Gasteiger partial charge in [0, 0.05) is 17.8 Å². The average Bonchev–Trinajstić information content (AvgIpc) is 3.13. The molecule has 0 radical (unpaired) electrons.